The van der Waals surface area contributed by atoms with Crippen molar-refractivity contribution < 1.29 is 13.9 Å². The Morgan fingerprint density at radius 2 is 1.92 bits per heavy atom. The minimum absolute atomic E-state index is 0.149. The minimum atomic E-state index is -0.730. The van der Waals surface area contributed by atoms with E-state index in [1.54, 1.807) is 20.8 Å². The van der Waals surface area contributed by atoms with Crippen LogP contribution in [0.1, 0.15) is 20.8 Å². The molecule has 25 heavy (non-hydrogen) atoms. The van der Waals surface area contributed by atoms with Gasteiger partial charge in [-0.25, -0.2) is 14.2 Å². The fourth-order valence-electron chi connectivity index (χ4n) is 2.41. The van der Waals surface area contributed by atoms with Gasteiger partial charge in [-0.2, -0.15) is 0 Å². The van der Waals surface area contributed by atoms with Crippen LogP contribution in [0.5, 0.6) is 0 Å². The summed E-state index contributed by atoms with van der Waals surface area (Å²) >= 11 is 18.3. The van der Waals surface area contributed by atoms with Gasteiger partial charge in [0.05, 0.1) is 26.3 Å². The Balaban J connectivity index is 2.23. The molecule has 2 N–H and O–H groups in total. The van der Waals surface area contributed by atoms with Crippen LogP contribution in [0.3, 0.4) is 0 Å². The first kappa shape index (κ1) is 18.0. The van der Waals surface area contributed by atoms with Crippen molar-refractivity contribution in [1.29, 1.82) is 0 Å². The summed E-state index contributed by atoms with van der Waals surface area (Å²) in [5.74, 6) is -0.725. The molecule has 0 fully saturated rings. The van der Waals surface area contributed by atoms with Gasteiger partial charge < -0.3 is 9.72 Å². The number of rotatable bonds is 1. The first-order valence-electron chi connectivity index (χ1n) is 7.22. The zero-order chi connectivity index (χ0) is 18.5. The second kappa shape index (κ2) is 6.20. The smallest absolute Gasteiger partial charge is 0.412 e. The van der Waals surface area contributed by atoms with Crippen LogP contribution in [0.4, 0.5) is 14.9 Å². The van der Waals surface area contributed by atoms with Gasteiger partial charge in [0.25, 0.3) is 0 Å². The Bertz CT molecular complexity index is 1010. The van der Waals surface area contributed by atoms with Gasteiger partial charge >= 0.3 is 6.09 Å². The molecule has 5 nitrogen and oxygen atoms in total. The topological polar surface area (TPSA) is 67.0 Å². The first-order valence-corrected chi connectivity index (χ1v) is 8.35. The quantitative estimate of drug-likeness (QED) is 0.510. The highest BCUT2D eigenvalue weighted by atomic mass is 35.5. The van der Waals surface area contributed by atoms with Gasteiger partial charge in [0.15, 0.2) is 0 Å². The molecular weight excluding hydrogens is 392 g/mol. The molecule has 0 aliphatic heterocycles. The Kier molecular flexibility index (Phi) is 4.47. The zero-order valence-electron chi connectivity index (χ0n) is 13.4. The highest BCUT2D eigenvalue weighted by Gasteiger charge is 2.22. The Morgan fingerprint density at radius 1 is 1.24 bits per heavy atom. The predicted molar refractivity (Wildman–Crippen MR) is 98.4 cm³/mol. The van der Waals surface area contributed by atoms with Crippen LogP contribution in [0, 0.1) is 5.82 Å². The molecule has 1 amide bonds. The number of hydrogen-bond donors (Lipinski definition) is 2. The lowest BCUT2D eigenvalue weighted by Crippen LogP contribution is -2.27. The molecule has 0 aliphatic rings. The Morgan fingerprint density at radius 3 is 2.56 bits per heavy atom. The highest BCUT2D eigenvalue weighted by Crippen LogP contribution is 2.41. The number of ether oxygens (including phenoxy) is 1. The number of nitrogens with one attached hydrogen (secondary N) is 2. The van der Waals surface area contributed by atoms with E-state index in [-0.39, 0.29) is 26.1 Å². The number of H-pyrrole nitrogens is 1. The van der Waals surface area contributed by atoms with Crippen LogP contribution >= 0.6 is 34.8 Å². The normalized spacial score (nSPS) is 12.0. The lowest BCUT2D eigenvalue weighted by Gasteiger charge is -2.20. The average Bonchev–Trinajstić information content (AvgIpc) is 2.87. The third-order valence-electron chi connectivity index (χ3n) is 3.32. The molecule has 0 unspecified atom stereocenters. The fraction of sp³-hybridized carbons (Fsp3) is 0.250. The van der Waals surface area contributed by atoms with E-state index >= 15 is 0 Å². The van der Waals surface area contributed by atoms with Crippen LogP contribution in [0.2, 0.25) is 15.1 Å². The monoisotopic (exact) mass is 403 g/mol. The van der Waals surface area contributed by atoms with E-state index in [2.05, 4.69) is 15.3 Å². The lowest BCUT2D eigenvalue weighted by molar-refractivity contribution is 0.0636. The second-order valence-corrected chi connectivity index (χ2v) is 7.53. The summed E-state index contributed by atoms with van der Waals surface area (Å²) in [5.41, 5.74) is 0.178. The van der Waals surface area contributed by atoms with Crippen molar-refractivity contribution in [3.8, 4) is 0 Å². The van der Waals surface area contributed by atoms with E-state index in [1.807, 2.05) is 0 Å². The number of aromatic nitrogens is 2. The average molecular weight is 405 g/mol. The Labute approximate surface area is 157 Å². The number of pyridine rings is 1. The fourth-order valence-corrected chi connectivity index (χ4v) is 3.03. The summed E-state index contributed by atoms with van der Waals surface area (Å²) in [6.07, 6.45) is 0.638. The van der Waals surface area contributed by atoms with Crippen molar-refractivity contribution in [2.45, 2.75) is 26.4 Å². The van der Waals surface area contributed by atoms with E-state index in [0.717, 1.165) is 6.07 Å². The van der Waals surface area contributed by atoms with Gasteiger partial charge in [0, 0.05) is 23.0 Å². The third kappa shape index (κ3) is 3.34. The molecule has 0 radical (unpaired) electrons. The molecule has 9 heteroatoms. The molecule has 2 aromatic heterocycles. The van der Waals surface area contributed by atoms with Gasteiger partial charge in [-0.05, 0) is 20.8 Å². The minimum Gasteiger partial charge on any atom is -0.444 e. The van der Waals surface area contributed by atoms with Crippen molar-refractivity contribution in [2.75, 3.05) is 5.32 Å². The molecule has 3 aromatic rings. The summed E-state index contributed by atoms with van der Waals surface area (Å²) in [6.45, 7) is 5.16. The molecule has 0 bridgehead atoms. The lowest BCUT2D eigenvalue weighted by atomic mass is 10.1. The molecule has 0 saturated heterocycles. The number of amides is 1. The number of carbonyl (C=O) groups excluding carboxylic acids is 1. The molecule has 2 heterocycles. The largest absolute Gasteiger partial charge is 0.444 e. The van der Waals surface area contributed by atoms with Crippen LogP contribution in [-0.4, -0.2) is 21.7 Å². The van der Waals surface area contributed by atoms with Crippen molar-refractivity contribution in [1.82, 2.24) is 9.97 Å². The standard InChI is InChI=1S/C16H13Cl3FN3O2/c1-16(2,3)25-15(24)22-8-4-7(20)12(19)9-10-11(18)6(17)5-21-14(10)23-13(8)9/h4-5H,1-3H3,(H,21,23)(H,22,24). The van der Waals surface area contributed by atoms with Crippen LogP contribution in [0.25, 0.3) is 21.9 Å². The molecular formula is C16H13Cl3FN3O2. The summed E-state index contributed by atoms with van der Waals surface area (Å²) < 4.78 is 19.5. The van der Waals surface area contributed by atoms with Crippen LogP contribution in [0.15, 0.2) is 12.3 Å². The highest BCUT2D eigenvalue weighted by molar-refractivity contribution is 6.48. The SMILES string of the molecule is CC(C)(C)OC(=O)Nc1cc(F)c(Cl)c2c1[nH]c1ncc(Cl)c(Cl)c12. The van der Waals surface area contributed by atoms with Crippen molar-refractivity contribution >= 4 is 68.5 Å². The van der Waals surface area contributed by atoms with Crippen LogP contribution < -0.4 is 5.32 Å². The molecule has 0 spiro atoms. The van der Waals surface area contributed by atoms with E-state index in [0.29, 0.717) is 16.6 Å². The van der Waals surface area contributed by atoms with Gasteiger partial charge in [-0.15, -0.1) is 0 Å². The summed E-state index contributed by atoms with van der Waals surface area (Å²) in [4.78, 5) is 19.1. The molecule has 132 valence electrons. The van der Waals surface area contributed by atoms with E-state index in [4.69, 9.17) is 39.5 Å². The van der Waals surface area contributed by atoms with Crippen LogP contribution in [-0.2, 0) is 4.74 Å². The number of hydrogen-bond acceptors (Lipinski definition) is 3. The number of halogens is 4. The Hall–Kier alpha value is -1.76. The summed E-state index contributed by atoms with van der Waals surface area (Å²) in [6, 6.07) is 1.10. The van der Waals surface area contributed by atoms with Gasteiger partial charge in [-0.3, -0.25) is 5.32 Å². The maximum absolute atomic E-state index is 14.3. The van der Waals surface area contributed by atoms with E-state index < -0.39 is 17.5 Å². The van der Waals surface area contributed by atoms with Gasteiger partial charge in [-0.1, -0.05) is 34.8 Å². The molecule has 0 saturated carbocycles. The summed E-state index contributed by atoms with van der Waals surface area (Å²) in [5, 5.41) is 3.41. The second-order valence-electron chi connectivity index (χ2n) is 6.37. The van der Waals surface area contributed by atoms with E-state index in [1.165, 1.54) is 6.20 Å². The molecule has 0 aliphatic carbocycles. The van der Waals surface area contributed by atoms with Gasteiger partial charge in [0.2, 0.25) is 0 Å². The predicted octanol–water partition coefficient (Wildman–Crippen LogP) is 6.16. The third-order valence-corrected chi connectivity index (χ3v) is 4.47. The maximum Gasteiger partial charge on any atom is 0.412 e. The van der Waals surface area contributed by atoms with Gasteiger partial charge in [0.1, 0.15) is 17.1 Å². The molecule has 0 atom stereocenters. The van der Waals surface area contributed by atoms with Crippen molar-refractivity contribution in [3.05, 3.63) is 33.1 Å². The first-order chi connectivity index (χ1) is 11.6. The number of carbonyl (C=O) groups is 1. The number of aromatic amines is 1. The number of benzene rings is 1. The molecule has 1 aromatic carbocycles. The zero-order valence-corrected chi connectivity index (χ0v) is 15.7. The summed E-state index contributed by atoms with van der Waals surface area (Å²) in [7, 11) is 0. The number of nitrogens with zero attached hydrogens (tertiary/aromatic N) is 1. The molecule has 3 rings (SSSR count). The maximum atomic E-state index is 14.3. The van der Waals surface area contributed by atoms with E-state index in [9.17, 15) is 9.18 Å². The van der Waals surface area contributed by atoms with Crippen molar-refractivity contribution in [3.63, 3.8) is 0 Å². The number of fused-ring (bicyclic) bond motifs is 3. The van der Waals surface area contributed by atoms with Crippen molar-refractivity contribution in [2.24, 2.45) is 0 Å². The number of anilines is 1.